The summed E-state index contributed by atoms with van der Waals surface area (Å²) in [7, 11) is 0. The maximum absolute atomic E-state index is 12.8. The highest BCUT2D eigenvalue weighted by Gasteiger charge is 2.33. The van der Waals surface area contributed by atoms with Gasteiger partial charge in [-0.1, -0.05) is 6.92 Å². The summed E-state index contributed by atoms with van der Waals surface area (Å²) in [5.41, 5.74) is 0.279. The molecule has 0 spiro atoms. The molecule has 3 rings (SSSR count). The molecule has 0 N–H and O–H groups in total. The van der Waals surface area contributed by atoms with Crippen LogP contribution < -0.4 is 4.74 Å². The quantitative estimate of drug-likeness (QED) is 0.598. The molecule has 0 unspecified atom stereocenters. The smallest absolute Gasteiger partial charge is 0.433 e. The van der Waals surface area contributed by atoms with E-state index in [2.05, 4.69) is 15.0 Å². The number of rotatable bonds is 5. The molecule has 0 saturated heterocycles. The SMILES string of the molecule is CCSc1cc(OC(C)C)cnc1-c1cn2cnc(C(F)(F)F)cc2n1. The van der Waals surface area contributed by atoms with Crippen LogP contribution >= 0.6 is 11.8 Å². The van der Waals surface area contributed by atoms with Gasteiger partial charge in [0.25, 0.3) is 0 Å². The van der Waals surface area contributed by atoms with E-state index < -0.39 is 11.9 Å². The van der Waals surface area contributed by atoms with Gasteiger partial charge in [-0.25, -0.2) is 15.0 Å². The van der Waals surface area contributed by atoms with E-state index in [-0.39, 0.29) is 11.8 Å². The van der Waals surface area contributed by atoms with Crippen molar-refractivity contribution in [1.82, 2.24) is 19.4 Å². The van der Waals surface area contributed by atoms with Gasteiger partial charge in [0, 0.05) is 17.2 Å². The Hall–Kier alpha value is -2.29. The number of imidazole rings is 1. The first kappa shape index (κ1) is 18.5. The van der Waals surface area contributed by atoms with Crippen LogP contribution in [0.3, 0.4) is 0 Å². The third kappa shape index (κ3) is 3.92. The molecule has 0 bridgehead atoms. The number of ether oxygens (including phenoxy) is 1. The number of fused-ring (bicyclic) bond motifs is 1. The molecule has 0 fully saturated rings. The van der Waals surface area contributed by atoms with E-state index in [0.29, 0.717) is 17.1 Å². The lowest BCUT2D eigenvalue weighted by Crippen LogP contribution is -2.08. The van der Waals surface area contributed by atoms with Gasteiger partial charge < -0.3 is 4.74 Å². The molecule has 3 heterocycles. The average Bonchev–Trinajstić information content (AvgIpc) is 2.96. The highest BCUT2D eigenvalue weighted by Crippen LogP contribution is 2.33. The molecule has 0 atom stereocenters. The van der Waals surface area contributed by atoms with Gasteiger partial charge in [0.2, 0.25) is 0 Å². The number of hydrogen-bond donors (Lipinski definition) is 0. The van der Waals surface area contributed by atoms with Crippen LogP contribution in [0.5, 0.6) is 5.75 Å². The third-order valence-corrected chi connectivity index (χ3v) is 4.29. The topological polar surface area (TPSA) is 52.3 Å². The Morgan fingerprint density at radius 1 is 1.23 bits per heavy atom. The van der Waals surface area contributed by atoms with E-state index in [4.69, 9.17) is 4.74 Å². The predicted octanol–water partition coefficient (Wildman–Crippen LogP) is 4.71. The van der Waals surface area contributed by atoms with Crippen molar-refractivity contribution in [3.63, 3.8) is 0 Å². The Morgan fingerprint density at radius 3 is 2.65 bits per heavy atom. The largest absolute Gasteiger partial charge is 0.489 e. The molecule has 0 radical (unpaired) electrons. The minimum atomic E-state index is -4.51. The lowest BCUT2D eigenvalue weighted by Gasteiger charge is -2.12. The molecule has 26 heavy (non-hydrogen) atoms. The molecule has 0 saturated carbocycles. The molecular formula is C17H17F3N4OS. The van der Waals surface area contributed by atoms with Crippen molar-refractivity contribution in [1.29, 1.82) is 0 Å². The van der Waals surface area contributed by atoms with Crippen molar-refractivity contribution in [2.24, 2.45) is 0 Å². The van der Waals surface area contributed by atoms with Crippen molar-refractivity contribution in [3.05, 3.63) is 36.5 Å². The molecule has 3 aromatic rings. The predicted molar refractivity (Wildman–Crippen MR) is 93.4 cm³/mol. The fourth-order valence-electron chi connectivity index (χ4n) is 2.38. The van der Waals surface area contributed by atoms with E-state index in [1.807, 2.05) is 26.8 Å². The Bertz CT molecular complexity index is 924. The second-order valence-corrected chi connectivity index (χ2v) is 7.09. The van der Waals surface area contributed by atoms with E-state index >= 15 is 0 Å². The number of nitrogens with zero attached hydrogens (tertiary/aromatic N) is 4. The van der Waals surface area contributed by atoms with E-state index in [1.165, 1.54) is 4.40 Å². The highest BCUT2D eigenvalue weighted by atomic mass is 32.2. The monoisotopic (exact) mass is 382 g/mol. The Morgan fingerprint density at radius 2 is 2.00 bits per heavy atom. The number of alkyl halides is 3. The standard InChI is InChI=1S/C17H17F3N4OS/c1-4-26-13-5-11(25-10(2)3)7-21-16(13)12-8-24-9-22-14(17(18,19)20)6-15(24)23-12/h5-10H,4H2,1-3H3. The number of halogens is 3. The van der Waals surface area contributed by atoms with Gasteiger partial charge in [-0.15, -0.1) is 11.8 Å². The Balaban J connectivity index is 2.04. The van der Waals surface area contributed by atoms with Crippen molar-refractivity contribution in [2.75, 3.05) is 5.75 Å². The van der Waals surface area contributed by atoms with Gasteiger partial charge in [0.1, 0.15) is 34.8 Å². The van der Waals surface area contributed by atoms with Crippen LogP contribution in [0.2, 0.25) is 0 Å². The fraction of sp³-hybridized carbons (Fsp3) is 0.353. The second-order valence-electron chi connectivity index (χ2n) is 5.78. The molecule has 0 aliphatic rings. The van der Waals surface area contributed by atoms with Crippen molar-refractivity contribution in [3.8, 4) is 17.1 Å². The fourth-order valence-corrected chi connectivity index (χ4v) is 3.19. The van der Waals surface area contributed by atoms with Crippen LogP contribution in [0.4, 0.5) is 13.2 Å². The van der Waals surface area contributed by atoms with E-state index in [9.17, 15) is 13.2 Å². The van der Waals surface area contributed by atoms with Crippen LogP contribution in [0.25, 0.3) is 17.0 Å². The summed E-state index contributed by atoms with van der Waals surface area (Å²) in [5, 5.41) is 0. The summed E-state index contributed by atoms with van der Waals surface area (Å²) in [4.78, 5) is 13.0. The maximum atomic E-state index is 12.8. The molecule has 0 aliphatic heterocycles. The summed E-state index contributed by atoms with van der Waals surface area (Å²) < 4.78 is 45.6. The number of aromatic nitrogens is 4. The van der Waals surface area contributed by atoms with E-state index in [0.717, 1.165) is 23.0 Å². The summed E-state index contributed by atoms with van der Waals surface area (Å²) in [6.07, 6.45) is -0.168. The molecule has 0 amide bonds. The molecule has 9 heteroatoms. The lowest BCUT2D eigenvalue weighted by molar-refractivity contribution is -0.141. The zero-order chi connectivity index (χ0) is 18.9. The van der Waals surface area contributed by atoms with Crippen LogP contribution in [0, 0.1) is 0 Å². The van der Waals surface area contributed by atoms with Crippen molar-refractivity contribution >= 4 is 17.4 Å². The first-order chi connectivity index (χ1) is 12.3. The van der Waals surface area contributed by atoms with Gasteiger partial charge in [0.05, 0.1) is 12.3 Å². The van der Waals surface area contributed by atoms with E-state index in [1.54, 1.807) is 24.2 Å². The lowest BCUT2D eigenvalue weighted by atomic mass is 10.3. The summed E-state index contributed by atoms with van der Waals surface area (Å²) in [6, 6.07) is 2.80. The molecule has 0 aromatic carbocycles. The minimum absolute atomic E-state index is 0.0178. The number of hydrogen-bond acceptors (Lipinski definition) is 5. The summed E-state index contributed by atoms with van der Waals surface area (Å²) in [6.45, 7) is 5.86. The van der Waals surface area contributed by atoms with Gasteiger partial charge >= 0.3 is 6.18 Å². The summed E-state index contributed by atoms with van der Waals surface area (Å²) in [5.74, 6) is 1.46. The molecule has 138 valence electrons. The molecular weight excluding hydrogens is 365 g/mol. The average molecular weight is 382 g/mol. The first-order valence-electron chi connectivity index (χ1n) is 7.99. The second kappa shape index (κ2) is 7.14. The zero-order valence-corrected chi connectivity index (χ0v) is 15.2. The Kier molecular flexibility index (Phi) is 5.08. The van der Waals surface area contributed by atoms with Gasteiger partial charge in [-0.2, -0.15) is 13.2 Å². The van der Waals surface area contributed by atoms with Crippen LogP contribution in [-0.2, 0) is 6.18 Å². The normalized spacial score (nSPS) is 12.1. The van der Waals surface area contributed by atoms with Gasteiger partial charge in [-0.3, -0.25) is 4.40 Å². The third-order valence-electron chi connectivity index (χ3n) is 3.38. The van der Waals surface area contributed by atoms with Crippen molar-refractivity contribution in [2.45, 2.75) is 37.9 Å². The molecule has 5 nitrogen and oxygen atoms in total. The number of thioether (sulfide) groups is 1. The number of pyridine rings is 1. The molecule has 3 aromatic heterocycles. The van der Waals surface area contributed by atoms with Gasteiger partial charge in [-0.05, 0) is 25.7 Å². The van der Waals surface area contributed by atoms with Crippen molar-refractivity contribution < 1.29 is 17.9 Å². The van der Waals surface area contributed by atoms with Crippen LogP contribution in [-0.4, -0.2) is 31.2 Å². The van der Waals surface area contributed by atoms with Crippen LogP contribution in [0.1, 0.15) is 26.5 Å². The zero-order valence-electron chi connectivity index (χ0n) is 14.4. The van der Waals surface area contributed by atoms with Crippen LogP contribution in [0.15, 0.2) is 35.7 Å². The van der Waals surface area contributed by atoms with Gasteiger partial charge in [0.15, 0.2) is 0 Å². The molecule has 0 aliphatic carbocycles. The Labute approximate surface area is 152 Å². The highest BCUT2D eigenvalue weighted by molar-refractivity contribution is 7.99. The summed E-state index contributed by atoms with van der Waals surface area (Å²) >= 11 is 1.57. The maximum Gasteiger partial charge on any atom is 0.433 e. The minimum Gasteiger partial charge on any atom is -0.489 e. The first-order valence-corrected chi connectivity index (χ1v) is 8.98.